The highest BCUT2D eigenvalue weighted by Gasteiger charge is 2.33. The summed E-state index contributed by atoms with van der Waals surface area (Å²) >= 11 is 0. The number of aliphatic imine (C=N–C) groups is 1. The van der Waals surface area contributed by atoms with Gasteiger partial charge in [-0.15, -0.1) is 0 Å². The molecule has 0 aromatic carbocycles. The molecule has 2 heterocycles. The average Bonchev–Trinajstić information content (AvgIpc) is 2.50. The van der Waals surface area contributed by atoms with Crippen LogP contribution in [-0.4, -0.2) is 54.7 Å². The van der Waals surface area contributed by atoms with Crippen molar-refractivity contribution in [2.45, 2.75) is 26.4 Å². The van der Waals surface area contributed by atoms with Crippen LogP contribution < -0.4 is 5.84 Å². The van der Waals surface area contributed by atoms with Gasteiger partial charge in [-0.1, -0.05) is 25.7 Å². The summed E-state index contributed by atoms with van der Waals surface area (Å²) in [7, 11) is 1.48. The van der Waals surface area contributed by atoms with Crippen molar-refractivity contribution < 1.29 is 13.2 Å². The van der Waals surface area contributed by atoms with Crippen LogP contribution in [0.15, 0.2) is 22.4 Å². The van der Waals surface area contributed by atoms with Crippen molar-refractivity contribution in [1.29, 1.82) is 0 Å². The van der Waals surface area contributed by atoms with Crippen molar-refractivity contribution in [3.05, 3.63) is 29.1 Å². The Morgan fingerprint density at radius 2 is 2.12 bits per heavy atom. The van der Waals surface area contributed by atoms with E-state index in [1.807, 2.05) is 0 Å². The molecule has 5 nitrogen and oxygen atoms in total. The second-order valence-electron chi connectivity index (χ2n) is 7.04. The Labute approximate surface area is 151 Å². The summed E-state index contributed by atoms with van der Waals surface area (Å²) in [6, 6.07) is 1.39. The van der Waals surface area contributed by atoms with E-state index < -0.39 is 12.6 Å². The highest BCUT2D eigenvalue weighted by molar-refractivity contribution is 6.37. The minimum absolute atomic E-state index is 0.0292. The molecule has 8 heteroatoms. The fourth-order valence-corrected chi connectivity index (χ4v) is 2.97. The maximum atomic E-state index is 12.9. The van der Waals surface area contributed by atoms with E-state index in [0.29, 0.717) is 17.5 Å². The Morgan fingerprint density at radius 3 is 2.65 bits per heavy atom. The van der Waals surface area contributed by atoms with E-state index in [9.17, 15) is 13.2 Å². The molecule has 2 rings (SSSR count). The molecule has 0 saturated carbocycles. The van der Waals surface area contributed by atoms with Gasteiger partial charge in [-0.25, -0.2) is 0 Å². The number of rotatable bonds is 4. The molecule has 1 aromatic heterocycles. The monoisotopic (exact) mass is 365 g/mol. The molecule has 2 N–H and O–H groups in total. The van der Waals surface area contributed by atoms with Crippen molar-refractivity contribution in [2.24, 2.45) is 21.4 Å². The summed E-state index contributed by atoms with van der Waals surface area (Å²) in [6.07, 6.45) is -2.81. The van der Waals surface area contributed by atoms with E-state index in [-0.39, 0.29) is 17.0 Å². The summed E-state index contributed by atoms with van der Waals surface area (Å²) in [5.74, 6) is 11.1. The standard InChI is InChI=1S/C18H22F3N5/c1-17(2)11-26(12-17)6-4-5-13-7-14(8-18(19,20)21)16(24-9-13)15(25-22)10-23-3/h7,9-10H,6,8,11-12,22H2,1-3H3/b23-10?,25-15+. The van der Waals surface area contributed by atoms with Gasteiger partial charge in [0.15, 0.2) is 0 Å². The van der Waals surface area contributed by atoms with Gasteiger partial charge in [0, 0.05) is 31.9 Å². The Bertz CT molecular complexity index is 761. The predicted molar refractivity (Wildman–Crippen MR) is 96.2 cm³/mol. The van der Waals surface area contributed by atoms with Crippen LogP contribution in [-0.2, 0) is 6.42 Å². The molecular weight excluding hydrogens is 343 g/mol. The van der Waals surface area contributed by atoms with Gasteiger partial charge in [0.05, 0.1) is 24.9 Å². The van der Waals surface area contributed by atoms with Gasteiger partial charge in [-0.3, -0.25) is 14.9 Å². The van der Waals surface area contributed by atoms with Crippen molar-refractivity contribution >= 4 is 11.9 Å². The number of pyridine rings is 1. The molecule has 0 bridgehead atoms. The molecule has 0 unspecified atom stereocenters. The normalized spacial score (nSPS) is 17.7. The van der Waals surface area contributed by atoms with E-state index in [0.717, 1.165) is 13.1 Å². The zero-order valence-electron chi connectivity index (χ0n) is 15.1. The smallest absolute Gasteiger partial charge is 0.323 e. The molecule has 140 valence electrons. The lowest BCUT2D eigenvalue weighted by Gasteiger charge is -2.44. The fraction of sp³-hybridized carbons (Fsp3) is 0.500. The highest BCUT2D eigenvalue weighted by atomic mass is 19.4. The Kier molecular flexibility index (Phi) is 6.03. The summed E-state index contributed by atoms with van der Waals surface area (Å²) in [6.45, 7) is 6.87. The van der Waals surface area contributed by atoms with E-state index in [1.165, 1.54) is 25.5 Å². The van der Waals surface area contributed by atoms with Crippen LogP contribution in [0, 0.1) is 17.3 Å². The topological polar surface area (TPSA) is 66.9 Å². The van der Waals surface area contributed by atoms with Crippen LogP contribution in [0.3, 0.4) is 0 Å². The number of hydrazone groups is 1. The molecule has 0 aliphatic carbocycles. The van der Waals surface area contributed by atoms with Gasteiger partial charge >= 0.3 is 6.18 Å². The molecule has 0 spiro atoms. The highest BCUT2D eigenvalue weighted by Crippen LogP contribution is 2.27. The summed E-state index contributed by atoms with van der Waals surface area (Å²) in [5.41, 5.74) is 0.861. The number of nitrogens with two attached hydrogens (primary N) is 1. The SMILES string of the molecule is CN=C/C(=N\N)c1ncc(C#CCN2CC(C)(C)C2)cc1CC(F)(F)F. The average molecular weight is 365 g/mol. The summed E-state index contributed by atoms with van der Waals surface area (Å²) in [4.78, 5) is 10.0. The quantitative estimate of drug-likeness (QED) is 0.385. The van der Waals surface area contributed by atoms with E-state index in [4.69, 9.17) is 5.84 Å². The Balaban J connectivity index is 2.23. The zero-order valence-corrected chi connectivity index (χ0v) is 15.1. The first-order valence-corrected chi connectivity index (χ1v) is 8.11. The Hall–Kier alpha value is -2.40. The fourth-order valence-electron chi connectivity index (χ4n) is 2.97. The molecule has 1 aliphatic rings. The number of aromatic nitrogens is 1. The second kappa shape index (κ2) is 7.87. The lowest BCUT2D eigenvalue weighted by atomic mass is 9.84. The number of halogens is 3. The van der Waals surface area contributed by atoms with E-state index >= 15 is 0 Å². The van der Waals surface area contributed by atoms with Crippen molar-refractivity contribution in [1.82, 2.24) is 9.88 Å². The van der Waals surface area contributed by atoms with Crippen molar-refractivity contribution in [2.75, 3.05) is 26.7 Å². The van der Waals surface area contributed by atoms with Crippen molar-refractivity contribution in [3.8, 4) is 11.8 Å². The number of likely N-dealkylation sites (tertiary alicyclic amines) is 1. The molecule has 0 amide bonds. The van der Waals surface area contributed by atoms with Gasteiger partial charge in [0.2, 0.25) is 0 Å². The van der Waals surface area contributed by atoms with Crippen LogP contribution in [0.5, 0.6) is 0 Å². The molecule has 26 heavy (non-hydrogen) atoms. The first kappa shape index (κ1) is 19.9. The third-order valence-electron chi connectivity index (χ3n) is 3.83. The number of nitrogens with zero attached hydrogens (tertiary/aromatic N) is 4. The minimum Gasteiger partial charge on any atom is -0.323 e. The van der Waals surface area contributed by atoms with Gasteiger partial charge in [0.1, 0.15) is 5.71 Å². The second-order valence-corrected chi connectivity index (χ2v) is 7.04. The largest absolute Gasteiger partial charge is 0.393 e. The van der Waals surface area contributed by atoms with Crippen LogP contribution in [0.25, 0.3) is 0 Å². The van der Waals surface area contributed by atoms with Gasteiger partial charge in [-0.05, 0) is 17.0 Å². The maximum Gasteiger partial charge on any atom is 0.393 e. The summed E-state index contributed by atoms with van der Waals surface area (Å²) in [5, 5.41) is 3.48. The van der Waals surface area contributed by atoms with Gasteiger partial charge < -0.3 is 5.84 Å². The van der Waals surface area contributed by atoms with E-state index in [1.54, 1.807) is 0 Å². The molecular formula is C18H22F3N5. The lowest BCUT2D eigenvalue weighted by molar-refractivity contribution is -0.127. The number of alkyl halides is 3. The molecule has 0 atom stereocenters. The zero-order chi connectivity index (χ0) is 19.4. The third kappa shape index (κ3) is 5.56. The van der Waals surface area contributed by atoms with Crippen LogP contribution in [0.2, 0.25) is 0 Å². The first-order chi connectivity index (χ1) is 12.1. The van der Waals surface area contributed by atoms with Crippen LogP contribution in [0.1, 0.15) is 30.7 Å². The molecule has 0 radical (unpaired) electrons. The third-order valence-corrected chi connectivity index (χ3v) is 3.83. The van der Waals surface area contributed by atoms with Crippen molar-refractivity contribution in [3.63, 3.8) is 0 Å². The molecule has 1 aromatic rings. The molecule has 1 fully saturated rings. The Morgan fingerprint density at radius 1 is 1.42 bits per heavy atom. The maximum absolute atomic E-state index is 12.9. The minimum atomic E-state index is -4.38. The summed E-state index contributed by atoms with van der Waals surface area (Å²) < 4.78 is 38.7. The first-order valence-electron chi connectivity index (χ1n) is 8.11. The predicted octanol–water partition coefficient (Wildman–Crippen LogP) is 2.24. The lowest BCUT2D eigenvalue weighted by Crippen LogP contribution is -2.52. The van der Waals surface area contributed by atoms with Crippen LogP contribution >= 0.6 is 0 Å². The molecule has 1 aliphatic heterocycles. The van der Waals surface area contributed by atoms with Gasteiger partial charge in [-0.2, -0.15) is 18.3 Å². The van der Waals surface area contributed by atoms with Crippen LogP contribution in [0.4, 0.5) is 13.2 Å². The van der Waals surface area contributed by atoms with Gasteiger partial charge in [0.25, 0.3) is 0 Å². The van der Waals surface area contributed by atoms with E-state index in [2.05, 4.69) is 45.7 Å². The number of hydrogen-bond acceptors (Lipinski definition) is 5. The molecule has 1 saturated heterocycles. The number of hydrogen-bond donors (Lipinski definition) is 1.